The Morgan fingerprint density at radius 1 is 1.44 bits per heavy atom. The predicted molar refractivity (Wildman–Crippen MR) is 80.1 cm³/mol. The van der Waals surface area contributed by atoms with E-state index in [9.17, 15) is 0 Å². The molecule has 0 bridgehead atoms. The van der Waals surface area contributed by atoms with Crippen LogP contribution in [0, 0.1) is 5.41 Å². The Hall–Kier alpha value is -0.240. The van der Waals surface area contributed by atoms with Crippen molar-refractivity contribution in [3.8, 4) is 0 Å². The predicted octanol–water partition coefficient (Wildman–Crippen LogP) is 3.96. The summed E-state index contributed by atoms with van der Waals surface area (Å²) in [4.78, 5) is 0. The maximum Gasteiger partial charge on any atom is 0.0472 e. The number of benzene rings is 1. The lowest BCUT2D eigenvalue weighted by Gasteiger charge is -2.37. The lowest BCUT2D eigenvalue weighted by molar-refractivity contribution is 0.277. The first-order valence-electron chi connectivity index (χ1n) is 6.66. The third-order valence-corrected chi connectivity index (χ3v) is 5.25. The molecular formula is C15H21Cl2N. The fraction of sp³-hybridized carbons (Fsp3) is 0.600. The molecular weight excluding hydrogens is 265 g/mol. The second kappa shape index (κ2) is 5.03. The average molecular weight is 286 g/mol. The van der Waals surface area contributed by atoms with E-state index in [0.29, 0.717) is 11.3 Å². The Bertz CT molecular complexity index is 458. The van der Waals surface area contributed by atoms with Crippen molar-refractivity contribution in [1.82, 2.24) is 5.32 Å². The van der Waals surface area contributed by atoms with E-state index in [2.05, 4.69) is 31.3 Å². The van der Waals surface area contributed by atoms with Crippen molar-refractivity contribution in [2.24, 2.45) is 5.41 Å². The largest absolute Gasteiger partial charge is 0.316 e. The van der Waals surface area contributed by atoms with E-state index < -0.39 is 0 Å². The van der Waals surface area contributed by atoms with Gasteiger partial charge in [0.05, 0.1) is 0 Å². The van der Waals surface area contributed by atoms with Crippen LogP contribution in [0.2, 0.25) is 5.02 Å². The zero-order valence-corrected chi connectivity index (χ0v) is 12.6. The molecule has 3 rings (SSSR count). The van der Waals surface area contributed by atoms with Crippen LogP contribution in [0.5, 0.6) is 0 Å². The van der Waals surface area contributed by atoms with Gasteiger partial charge in [0.1, 0.15) is 0 Å². The smallest absolute Gasteiger partial charge is 0.0472 e. The van der Waals surface area contributed by atoms with Crippen LogP contribution in [-0.4, -0.2) is 13.1 Å². The van der Waals surface area contributed by atoms with Crippen LogP contribution in [0.3, 0.4) is 0 Å². The highest BCUT2D eigenvalue weighted by Crippen LogP contribution is 2.49. The van der Waals surface area contributed by atoms with Gasteiger partial charge >= 0.3 is 0 Å². The normalized spacial score (nSPS) is 29.4. The molecule has 1 fully saturated rings. The highest BCUT2D eigenvalue weighted by molar-refractivity contribution is 6.32. The number of fused-ring (bicyclic) bond motifs is 3. The molecule has 1 N–H and O–H groups in total. The zero-order valence-electron chi connectivity index (χ0n) is 11.1. The van der Waals surface area contributed by atoms with Crippen LogP contribution in [0.25, 0.3) is 0 Å². The molecule has 2 unspecified atom stereocenters. The molecule has 2 atom stereocenters. The van der Waals surface area contributed by atoms with Crippen molar-refractivity contribution >= 4 is 24.0 Å². The van der Waals surface area contributed by atoms with Crippen molar-refractivity contribution in [3.05, 3.63) is 33.8 Å². The molecule has 1 aliphatic heterocycles. The topological polar surface area (TPSA) is 12.0 Å². The quantitative estimate of drug-likeness (QED) is 0.824. The third kappa shape index (κ3) is 1.97. The molecule has 0 spiro atoms. The number of rotatable bonds is 1. The molecule has 0 aromatic heterocycles. The lowest BCUT2D eigenvalue weighted by atomic mass is 9.67. The minimum atomic E-state index is 0. The monoisotopic (exact) mass is 285 g/mol. The van der Waals surface area contributed by atoms with Gasteiger partial charge in [-0.05, 0) is 41.4 Å². The summed E-state index contributed by atoms with van der Waals surface area (Å²) in [5.41, 5.74) is 4.69. The van der Waals surface area contributed by atoms with Gasteiger partial charge < -0.3 is 5.32 Å². The SMILES string of the molecule is CCc1ccc2c(c1Cl)CCC1(C)CNCC21.Cl. The van der Waals surface area contributed by atoms with Crippen molar-refractivity contribution in [2.45, 2.75) is 39.0 Å². The number of hydrogen-bond acceptors (Lipinski definition) is 1. The summed E-state index contributed by atoms with van der Waals surface area (Å²) in [7, 11) is 0. The summed E-state index contributed by atoms with van der Waals surface area (Å²) < 4.78 is 0. The van der Waals surface area contributed by atoms with E-state index in [0.717, 1.165) is 31.0 Å². The van der Waals surface area contributed by atoms with Gasteiger partial charge in [0.15, 0.2) is 0 Å². The van der Waals surface area contributed by atoms with Crippen LogP contribution in [0.15, 0.2) is 12.1 Å². The second-order valence-electron chi connectivity index (χ2n) is 5.80. The van der Waals surface area contributed by atoms with E-state index in [1.807, 2.05) is 0 Å². The lowest BCUT2D eigenvalue weighted by Crippen LogP contribution is -2.30. The summed E-state index contributed by atoms with van der Waals surface area (Å²) in [6, 6.07) is 4.56. The van der Waals surface area contributed by atoms with Crippen LogP contribution >= 0.6 is 24.0 Å². The van der Waals surface area contributed by atoms with E-state index >= 15 is 0 Å². The molecule has 3 heteroatoms. The number of nitrogens with one attached hydrogen (secondary N) is 1. The maximum atomic E-state index is 6.54. The first kappa shape index (κ1) is 14.2. The van der Waals surface area contributed by atoms with Crippen LogP contribution in [0.1, 0.15) is 42.9 Å². The highest BCUT2D eigenvalue weighted by atomic mass is 35.5. The summed E-state index contributed by atoms with van der Waals surface area (Å²) in [6.07, 6.45) is 3.45. The molecule has 0 radical (unpaired) electrons. The summed E-state index contributed by atoms with van der Waals surface area (Å²) >= 11 is 6.54. The number of hydrogen-bond donors (Lipinski definition) is 1. The van der Waals surface area contributed by atoms with E-state index in [4.69, 9.17) is 11.6 Å². The molecule has 1 aromatic rings. The highest BCUT2D eigenvalue weighted by Gasteiger charge is 2.43. The van der Waals surface area contributed by atoms with Crippen LogP contribution in [0.4, 0.5) is 0 Å². The summed E-state index contributed by atoms with van der Waals surface area (Å²) in [5, 5.41) is 4.59. The molecule has 1 aliphatic carbocycles. The summed E-state index contributed by atoms with van der Waals surface area (Å²) in [5.74, 6) is 0.662. The Morgan fingerprint density at radius 3 is 2.94 bits per heavy atom. The first-order valence-corrected chi connectivity index (χ1v) is 7.04. The molecule has 1 heterocycles. The van der Waals surface area contributed by atoms with Gasteiger partial charge in [-0.3, -0.25) is 0 Å². The van der Waals surface area contributed by atoms with Crippen molar-refractivity contribution in [1.29, 1.82) is 0 Å². The fourth-order valence-corrected chi connectivity index (χ4v) is 3.97. The van der Waals surface area contributed by atoms with E-state index in [-0.39, 0.29) is 12.4 Å². The molecule has 1 saturated heterocycles. The third-order valence-electron chi connectivity index (χ3n) is 4.78. The molecule has 1 aromatic carbocycles. The maximum absolute atomic E-state index is 6.54. The van der Waals surface area contributed by atoms with Crippen molar-refractivity contribution in [2.75, 3.05) is 13.1 Å². The van der Waals surface area contributed by atoms with Crippen molar-refractivity contribution < 1.29 is 0 Å². The fourth-order valence-electron chi connectivity index (χ4n) is 3.57. The van der Waals surface area contributed by atoms with Gasteiger partial charge in [0.2, 0.25) is 0 Å². The van der Waals surface area contributed by atoms with Gasteiger partial charge in [0.25, 0.3) is 0 Å². The molecule has 1 nitrogen and oxygen atoms in total. The second-order valence-corrected chi connectivity index (χ2v) is 6.18. The first-order chi connectivity index (χ1) is 8.15. The molecule has 0 amide bonds. The van der Waals surface area contributed by atoms with Gasteiger partial charge in [-0.15, -0.1) is 12.4 Å². The standard InChI is InChI=1S/C15H20ClN.ClH/c1-3-10-4-5-11-12(14(10)16)6-7-15(2)9-17-8-13(11)15;/h4-5,13,17H,3,6-9H2,1-2H3;1H. The average Bonchev–Trinajstić information content (AvgIpc) is 2.71. The minimum absolute atomic E-state index is 0. The Morgan fingerprint density at radius 2 is 2.22 bits per heavy atom. The molecule has 18 heavy (non-hydrogen) atoms. The van der Waals surface area contributed by atoms with Crippen LogP contribution < -0.4 is 5.32 Å². The van der Waals surface area contributed by atoms with Crippen LogP contribution in [-0.2, 0) is 12.8 Å². The van der Waals surface area contributed by atoms with Gasteiger partial charge in [-0.2, -0.15) is 0 Å². The molecule has 0 saturated carbocycles. The van der Waals surface area contributed by atoms with Gasteiger partial charge in [-0.25, -0.2) is 0 Å². The molecule has 100 valence electrons. The zero-order chi connectivity index (χ0) is 12.0. The Kier molecular flexibility index (Phi) is 3.96. The Labute approximate surface area is 121 Å². The summed E-state index contributed by atoms with van der Waals surface area (Å²) in [6.45, 7) is 6.87. The molecule has 2 aliphatic rings. The van der Waals surface area contributed by atoms with E-state index in [1.165, 1.54) is 23.1 Å². The van der Waals surface area contributed by atoms with Gasteiger partial charge in [0, 0.05) is 24.0 Å². The minimum Gasteiger partial charge on any atom is -0.316 e. The van der Waals surface area contributed by atoms with E-state index in [1.54, 1.807) is 0 Å². The number of halogens is 2. The number of aryl methyl sites for hydroxylation is 1. The van der Waals surface area contributed by atoms with Gasteiger partial charge in [-0.1, -0.05) is 37.6 Å². The van der Waals surface area contributed by atoms with Crippen molar-refractivity contribution in [3.63, 3.8) is 0 Å². The Balaban J connectivity index is 0.00000120.